The SMILES string of the molecule is CCOC(=O)c1ccc(NC2=C(C(=O)OC)CN(CCO)C2=O)cc1C. The minimum atomic E-state index is -0.610. The Morgan fingerprint density at radius 2 is 2.04 bits per heavy atom. The van der Waals surface area contributed by atoms with E-state index in [1.54, 1.807) is 32.0 Å². The molecule has 0 fully saturated rings. The lowest BCUT2D eigenvalue weighted by Crippen LogP contribution is -2.31. The summed E-state index contributed by atoms with van der Waals surface area (Å²) in [5.74, 6) is -1.43. The molecule has 0 aliphatic carbocycles. The molecule has 0 aromatic heterocycles. The molecule has 0 spiro atoms. The Balaban J connectivity index is 2.29. The Bertz CT molecular complexity index is 756. The van der Waals surface area contributed by atoms with Gasteiger partial charge in [-0.05, 0) is 37.6 Å². The van der Waals surface area contributed by atoms with Gasteiger partial charge in [-0.25, -0.2) is 9.59 Å². The molecule has 1 aliphatic heterocycles. The Kier molecular flexibility index (Phi) is 6.35. The molecule has 1 amide bonds. The molecule has 0 saturated carbocycles. The molecule has 0 bridgehead atoms. The average Bonchev–Trinajstić information content (AvgIpc) is 2.91. The van der Waals surface area contributed by atoms with E-state index in [1.807, 2.05) is 0 Å². The third-order valence-electron chi connectivity index (χ3n) is 3.94. The molecule has 8 nitrogen and oxygen atoms in total. The second-order valence-electron chi connectivity index (χ2n) is 5.67. The van der Waals surface area contributed by atoms with Gasteiger partial charge in [-0.1, -0.05) is 0 Å². The number of esters is 2. The van der Waals surface area contributed by atoms with Gasteiger partial charge in [-0.15, -0.1) is 0 Å². The van der Waals surface area contributed by atoms with E-state index in [0.717, 1.165) is 0 Å². The van der Waals surface area contributed by atoms with Gasteiger partial charge in [0, 0.05) is 12.2 Å². The maximum Gasteiger partial charge on any atom is 0.338 e. The fourth-order valence-electron chi connectivity index (χ4n) is 2.67. The first-order valence-electron chi connectivity index (χ1n) is 8.19. The number of rotatable bonds is 7. The number of benzene rings is 1. The topological polar surface area (TPSA) is 105 Å². The van der Waals surface area contributed by atoms with Crippen molar-refractivity contribution in [2.45, 2.75) is 13.8 Å². The smallest absolute Gasteiger partial charge is 0.338 e. The number of ether oxygens (including phenoxy) is 2. The Morgan fingerprint density at radius 3 is 2.62 bits per heavy atom. The van der Waals surface area contributed by atoms with Gasteiger partial charge in [0.1, 0.15) is 5.70 Å². The Hall–Kier alpha value is -2.87. The lowest BCUT2D eigenvalue weighted by molar-refractivity contribution is -0.136. The summed E-state index contributed by atoms with van der Waals surface area (Å²) in [6, 6.07) is 4.91. The molecule has 1 heterocycles. The summed E-state index contributed by atoms with van der Waals surface area (Å²) in [7, 11) is 1.24. The summed E-state index contributed by atoms with van der Waals surface area (Å²) in [5.41, 5.74) is 1.95. The van der Waals surface area contributed by atoms with Crippen LogP contribution in [0, 0.1) is 6.92 Å². The van der Waals surface area contributed by atoms with Crippen LogP contribution in [0.25, 0.3) is 0 Å². The van der Waals surface area contributed by atoms with Gasteiger partial charge in [-0.3, -0.25) is 4.79 Å². The van der Waals surface area contributed by atoms with Crippen LogP contribution >= 0.6 is 0 Å². The van der Waals surface area contributed by atoms with Crippen LogP contribution in [0.5, 0.6) is 0 Å². The van der Waals surface area contributed by atoms with E-state index in [4.69, 9.17) is 14.6 Å². The number of carbonyl (C=O) groups excluding carboxylic acids is 3. The molecule has 2 N–H and O–H groups in total. The van der Waals surface area contributed by atoms with Crippen molar-refractivity contribution in [3.63, 3.8) is 0 Å². The quantitative estimate of drug-likeness (QED) is 0.693. The fraction of sp³-hybridized carbons (Fsp3) is 0.389. The molecule has 1 aromatic carbocycles. The number of hydrogen-bond acceptors (Lipinski definition) is 7. The van der Waals surface area contributed by atoms with Gasteiger partial charge in [-0.2, -0.15) is 0 Å². The van der Waals surface area contributed by atoms with E-state index in [9.17, 15) is 14.4 Å². The molecule has 8 heteroatoms. The van der Waals surface area contributed by atoms with Crippen LogP contribution in [0.15, 0.2) is 29.5 Å². The van der Waals surface area contributed by atoms with Gasteiger partial charge in [0.25, 0.3) is 5.91 Å². The van der Waals surface area contributed by atoms with Crippen molar-refractivity contribution >= 4 is 23.5 Å². The van der Waals surface area contributed by atoms with Gasteiger partial charge in [0.15, 0.2) is 0 Å². The van der Waals surface area contributed by atoms with Crippen LogP contribution in [0.1, 0.15) is 22.8 Å². The van der Waals surface area contributed by atoms with Crippen molar-refractivity contribution in [1.29, 1.82) is 0 Å². The molecule has 1 aromatic rings. The summed E-state index contributed by atoms with van der Waals surface area (Å²) in [6.07, 6.45) is 0. The number of amides is 1. The number of aliphatic hydroxyl groups excluding tert-OH is 1. The monoisotopic (exact) mass is 362 g/mol. The van der Waals surface area contributed by atoms with E-state index in [-0.39, 0.29) is 37.6 Å². The number of hydrogen-bond donors (Lipinski definition) is 2. The third kappa shape index (κ3) is 4.02. The predicted molar refractivity (Wildman–Crippen MR) is 93.5 cm³/mol. The van der Waals surface area contributed by atoms with Gasteiger partial charge in [0.2, 0.25) is 0 Å². The number of nitrogens with one attached hydrogen (secondary N) is 1. The standard InChI is InChI=1S/C18H22N2O6/c1-4-26-18(24)13-6-5-12(9-11(13)2)19-15-14(17(23)25-3)10-20(7-8-21)16(15)22/h5-6,9,19,21H,4,7-8,10H2,1-3H3. The number of aliphatic hydroxyl groups is 1. The molecule has 26 heavy (non-hydrogen) atoms. The first kappa shape index (κ1) is 19.5. The van der Waals surface area contributed by atoms with E-state index < -0.39 is 17.8 Å². The third-order valence-corrected chi connectivity index (χ3v) is 3.94. The van der Waals surface area contributed by atoms with Crippen molar-refractivity contribution < 1.29 is 29.0 Å². The number of aryl methyl sites for hydroxylation is 1. The molecule has 0 atom stereocenters. The Labute approximate surface area is 151 Å². The Morgan fingerprint density at radius 1 is 1.31 bits per heavy atom. The lowest BCUT2D eigenvalue weighted by atomic mass is 10.1. The fourth-order valence-corrected chi connectivity index (χ4v) is 2.67. The molecule has 0 radical (unpaired) electrons. The molecule has 140 valence electrons. The molecule has 1 aliphatic rings. The van der Waals surface area contributed by atoms with E-state index in [2.05, 4.69) is 5.32 Å². The number of anilines is 1. The van der Waals surface area contributed by atoms with Crippen molar-refractivity contribution in [2.75, 3.05) is 38.7 Å². The van der Waals surface area contributed by atoms with Crippen molar-refractivity contribution in [1.82, 2.24) is 4.90 Å². The lowest BCUT2D eigenvalue weighted by Gasteiger charge is -2.15. The summed E-state index contributed by atoms with van der Waals surface area (Å²) >= 11 is 0. The van der Waals surface area contributed by atoms with Gasteiger partial charge >= 0.3 is 11.9 Å². The summed E-state index contributed by atoms with van der Waals surface area (Å²) in [5, 5.41) is 12.0. The van der Waals surface area contributed by atoms with Crippen molar-refractivity contribution in [3.8, 4) is 0 Å². The van der Waals surface area contributed by atoms with E-state index in [1.165, 1.54) is 12.0 Å². The second-order valence-corrected chi connectivity index (χ2v) is 5.67. The zero-order valence-electron chi connectivity index (χ0n) is 15.0. The highest BCUT2D eigenvalue weighted by molar-refractivity contribution is 6.08. The molecular formula is C18H22N2O6. The number of nitrogens with zero attached hydrogens (tertiary/aromatic N) is 1. The van der Waals surface area contributed by atoms with E-state index in [0.29, 0.717) is 16.8 Å². The maximum absolute atomic E-state index is 12.5. The van der Waals surface area contributed by atoms with Crippen LogP contribution in [-0.4, -0.2) is 61.3 Å². The first-order valence-corrected chi connectivity index (χ1v) is 8.19. The second kappa shape index (κ2) is 8.48. The highest BCUT2D eigenvalue weighted by Gasteiger charge is 2.34. The molecule has 2 rings (SSSR count). The highest BCUT2D eigenvalue weighted by atomic mass is 16.5. The first-order chi connectivity index (χ1) is 12.4. The van der Waals surface area contributed by atoms with Crippen LogP contribution < -0.4 is 5.32 Å². The summed E-state index contributed by atoms with van der Waals surface area (Å²) in [6.45, 7) is 3.73. The number of β-amino-alcohol motifs (C(OH)–C–C–N with tert-alkyl or cyclic N) is 1. The average molecular weight is 362 g/mol. The van der Waals surface area contributed by atoms with Crippen LogP contribution in [0.4, 0.5) is 5.69 Å². The zero-order chi connectivity index (χ0) is 19.3. The zero-order valence-corrected chi connectivity index (χ0v) is 15.0. The normalized spacial score (nSPS) is 13.8. The number of carbonyl (C=O) groups is 3. The molecule has 0 unspecified atom stereocenters. The van der Waals surface area contributed by atoms with Crippen LogP contribution in [0.2, 0.25) is 0 Å². The van der Waals surface area contributed by atoms with Crippen LogP contribution in [0.3, 0.4) is 0 Å². The maximum atomic E-state index is 12.5. The largest absolute Gasteiger partial charge is 0.466 e. The van der Waals surface area contributed by atoms with Gasteiger partial charge < -0.3 is 24.8 Å². The van der Waals surface area contributed by atoms with Gasteiger partial charge in [0.05, 0.1) is 38.0 Å². The number of methoxy groups -OCH3 is 1. The van der Waals surface area contributed by atoms with Crippen molar-refractivity contribution in [2.24, 2.45) is 0 Å². The van der Waals surface area contributed by atoms with Crippen LogP contribution in [-0.2, 0) is 19.1 Å². The molecule has 0 saturated heterocycles. The van der Waals surface area contributed by atoms with Crippen molar-refractivity contribution in [3.05, 3.63) is 40.6 Å². The highest BCUT2D eigenvalue weighted by Crippen LogP contribution is 2.24. The predicted octanol–water partition coefficient (Wildman–Crippen LogP) is 0.845. The summed E-state index contributed by atoms with van der Waals surface area (Å²) in [4.78, 5) is 37.7. The minimum absolute atomic E-state index is 0.0638. The molecular weight excluding hydrogens is 340 g/mol. The minimum Gasteiger partial charge on any atom is -0.466 e. The van der Waals surface area contributed by atoms with E-state index >= 15 is 0 Å². The summed E-state index contributed by atoms with van der Waals surface area (Å²) < 4.78 is 9.73.